The van der Waals surface area contributed by atoms with Crippen molar-refractivity contribution in [2.24, 2.45) is 5.84 Å². The summed E-state index contributed by atoms with van der Waals surface area (Å²) < 4.78 is 40.0. The van der Waals surface area contributed by atoms with Gasteiger partial charge in [0, 0.05) is 25.4 Å². The Hall–Kier alpha value is -1.00. The molecule has 0 aliphatic heterocycles. The molecule has 0 saturated carbocycles. The molecule has 0 fully saturated rings. The van der Waals surface area contributed by atoms with Gasteiger partial charge < -0.3 is 0 Å². The maximum atomic E-state index is 12.6. The molecular formula is C11H8F3N3S3. The fraction of sp³-hybridized carbons (Fsp3) is 0.182. The molecule has 0 amide bonds. The highest BCUT2D eigenvalue weighted by Gasteiger charge is 2.35. The van der Waals surface area contributed by atoms with E-state index in [-0.39, 0.29) is 0 Å². The van der Waals surface area contributed by atoms with Crippen molar-refractivity contribution in [3.05, 3.63) is 38.5 Å². The van der Waals surface area contributed by atoms with Crippen LogP contribution >= 0.6 is 34.0 Å². The lowest BCUT2D eigenvalue weighted by Crippen LogP contribution is -2.27. The Morgan fingerprint density at radius 2 is 2.00 bits per heavy atom. The SMILES string of the molecule is NNC(c1cnc(C(F)(F)F)s1)c1cc2sccc2s1. The van der Waals surface area contributed by atoms with Crippen LogP contribution in [0.1, 0.15) is 20.8 Å². The number of fused-ring (bicyclic) bond motifs is 1. The smallest absolute Gasteiger partial charge is 0.271 e. The number of halogens is 3. The number of nitrogens with zero attached hydrogens (tertiary/aromatic N) is 1. The van der Waals surface area contributed by atoms with E-state index in [1.165, 1.54) is 17.5 Å². The molecule has 3 rings (SSSR count). The molecule has 1 unspecified atom stereocenters. The molecular weight excluding hydrogens is 327 g/mol. The van der Waals surface area contributed by atoms with Crippen molar-refractivity contribution in [1.82, 2.24) is 10.4 Å². The summed E-state index contributed by atoms with van der Waals surface area (Å²) in [5, 5.41) is 1.12. The zero-order chi connectivity index (χ0) is 14.3. The van der Waals surface area contributed by atoms with Gasteiger partial charge >= 0.3 is 6.18 Å². The van der Waals surface area contributed by atoms with E-state index in [0.29, 0.717) is 16.2 Å². The molecule has 9 heteroatoms. The quantitative estimate of drug-likeness (QED) is 0.562. The normalized spacial score (nSPS) is 14.0. The highest BCUT2D eigenvalue weighted by Crippen LogP contribution is 2.39. The Labute approximate surface area is 123 Å². The number of hydrogen-bond acceptors (Lipinski definition) is 6. The number of hydrazine groups is 1. The van der Waals surface area contributed by atoms with Gasteiger partial charge in [-0.3, -0.25) is 5.84 Å². The topological polar surface area (TPSA) is 50.9 Å². The van der Waals surface area contributed by atoms with E-state index in [0.717, 1.165) is 14.3 Å². The molecule has 0 radical (unpaired) electrons. The Morgan fingerprint density at radius 3 is 2.60 bits per heavy atom. The van der Waals surface area contributed by atoms with Gasteiger partial charge in [-0.1, -0.05) is 0 Å². The first kappa shape index (κ1) is 14.0. The van der Waals surface area contributed by atoms with Gasteiger partial charge in [-0.15, -0.1) is 34.0 Å². The highest BCUT2D eigenvalue weighted by atomic mass is 32.1. The van der Waals surface area contributed by atoms with E-state index >= 15 is 0 Å². The maximum absolute atomic E-state index is 12.6. The molecule has 20 heavy (non-hydrogen) atoms. The average Bonchev–Trinajstić information content (AvgIpc) is 3.01. The fourth-order valence-electron chi connectivity index (χ4n) is 1.78. The maximum Gasteiger partial charge on any atom is 0.443 e. The minimum atomic E-state index is -4.42. The first-order chi connectivity index (χ1) is 9.49. The van der Waals surface area contributed by atoms with Crippen molar-refractivity contribution >= 4 is 43.4 Å². The molecule has 3 heterocycles. The monoisotopic (exact) mass is 335 g/mol. The van der Waals surface area contributed by atoms with Gasteiger partial charge in [0.25, 0.3) is 0 Å². The van der Waals surface area contributed by atoms with Crippen molar-refractivity contribution in [2.45, 2.75) is 12.2 Å². The van der Waals surface area contributed by atoms with Crippen molar-refractivity contribution in [2.75, 3.05) is 0 Å². The molecule has 0 bridgehead atoms. The molecule has 3 N–H and O–H groups in total. The minimum absolute atomic E-state index is 0.453. The van der Waals surface area contributed by atoms with E-state index in [4.69, 9.17) is 5.84 Å². The molecule has 3 aromatic heterocycles. The second kappa shape index (κ2) is 5.08. The van der Waals surface area contributed by atoms with Gasteiger partial charge in [0.1, 0.15) is 0 Å². The number of hydrogen-bond donors (Lipinski definition) is 2. The van der Waals surface area contributed by atoms with Crippen LogP contribution in [0.4, 0.5) is 13.2 Å². The lowest BCUT2D eigenvalue weighted by atomic mass is 10.2. The summed E-state index contributed by atoms with van der Waals surface area (Å²) >= 11 is 3.72. The molecule has 1 atom stereocenters. The number of aromatic nitrogens is 1. The zero-order valence-electron chi connectivity index (χ0n) is 9.77. The predicted molar refractivity (Wildman–Crippen MR) is 76.0 cm³/mol. The first-order valence-corrected chi connectivity index (χ1v) is 7.96. The van der Waals surface area contributed by atoms with E-state index in [1.807, 2.05) is 17.5 Å². The number of rotatable bonds is 3. The molecule has 3 aromatic rings. The van der Waals surface area contributed by atoms with Crippen molar-refractivity contribution in [3.63, 3.8) is 0 Å². The fourth-order valence-corrected chi connectivity index (χ4v) is 4.92. The highest BCUT2D eigenvalue weighted by molar-refractivity contribution is 7.27. The molecule has 3 nitrogen and oxygen atoms in total. The number of nitrogens with one attached hydrogen (secondary N) is 1. The molecule has 0 spiro atoms. The van der Waals surface area contributed by atoms with Crippen LogP contribution in [0.3, 0.4) is 0 Å². The summed E-state index contributed by atoms with van der Waals surface area (Å²) in [7, 11) is 0. The van der Waals surface area contributed by atoms with Crippen LogP contribution in [-0.2, 0) is 6.18 Å². The molecule has 0 aliphatic rings. The summed E-state index contributed by atoms with van der Waals surface area (Å²) in [5.41, 5.74) is 2.57. The third-order valence-electron chi connectivity index (χ3n) is 2.66. The third-order valence-corrected chi connectivity index (χ3v) is 5.93. The van der Waals surface area contributed by atoms with Crippen LogP contribution in [0.2, 0.25) is 0 Å². The van der Waals surface area contributed by atoms with E-state index in [2.05, 4.69) is 10.4 Å². The van der Waals surface area contributed by atoms with E-state index < -0.39 is 17.2 Å². The summed E-state index contributed by atoms with van der Waals surface area (Å²) in [6, 6.07) is 3.46. The van der Waals surface area contributed by atoms with Gasteiger partial charge in [-0.2, -0.15) is 13.2 Å². The average molecular weight is 335 g/mol. The number of thiazole rings is 1. The van der Waals surface area contributed by atoms with Gasteiger partial charge in [-0.05, 0) is 17.5 Å². The Kier molecular flexibility index (Phi) is 3.55. The van der Waals surface area contributed by atoms with Crippen molar-refractivity contribution < 1.29 is 13.2 Å². The number of thiophene rings is 2. The number of nitrogens with two attached hydrogens (primary N) is 1. The summed E-state index contributed by atoms with van der Waals surface area (Å²) in [6.45, 7) is 0. The first-order valence-electron chi connectivity index (χ1n) is 5.45. The van der Waals surface area contributed by atoms with Crippen molar-refractivity contribution in [3.8, 4) is 0 Å². The molecule has 0 saturated heterocycles. The second-order valence-corrected chi connectivity index (χ2v) is 7.09. The predicted octanol–water partition coefficient (Wildman–Crippen LogP) is 3.99. The third kappa shape index (κ3) is 2.47. The Bertz CT molecular complexity index is 699. The van der Waals surface area contributed by atoms with E-state index in [9.17, 15) is 13.2 Å². The van der Waals surface area contributed by atoms with Gasteiger partial charge in [0.05, 0.1) is 6.04 Å². The van der Waals surface area contributed by atoms with Gasteiger partial charge in [0.2, 0.25) is 0 Å². The second-order valence-electron chi connectivity index (χ2n) is 3.96. The van der Waals surface area contributed by atoms with Gasteiger partial charge in [0.15, 0.2) is 5.01 Å². The van der Waals surface area contributed by atoms with Crippen LogP contribution in [0.5, 0.6) is 0 Å². The molecule has 0 aromatic carbocycles. The lowest BCUT2D eigenvalue weighted by molar-refractivity contribution is -0.137. The minimum Gasteiger partial charge on any atom is -0.271 e. The number of alkyl halides is 3. The lowest BCUT2D eigenvalue weighted by Gasteiger charge is -2.11. The van der Waals surface area contributed by atoms with Crippen LogP contribution in [0, 0.1) is 0 Å². The summed E-state index contributed by atoms with van der Waals surface area (Å²) in [6.07, 6.45) is -3.19. The summed E-state index contributed by atoms with van der Waals surface area (Å²) in [4.78, 5) is 4.76. The Balaban J connectivity index is 1.97. The van der Waals surface area contributed by atoms with Crippen LogP contribution < -0.4 is 11.3 Å². The molecule has 106 valence electrons. The zero-order valence-corrected chi connectivity index (χ0v) is 12.2. The van der Waals surface area contributed by atoms with E-state index in [1.54, 1.807) is 11.3 Å². The van der Waals surface area contributed by atoms with Crippen LogP contribution in [0.25, 0.3) is 9.40 Å². The largest absolute Gasteiger partial charge is 0.443 e. The Morgan fingerprint density at radius 1 is 1.20 bits per heavy atom. The standard InChI is InChI=1S/C11H8F3N3S3/c12-11(13,14)10-16-4-8(20-10)9(17-15)7-3-6-5(19-7)1-2-18-6/h1-4,9,17H,15H2. The van der Waals surface area contributed by atoms with Crippen LogP contribution in [-0.4, -0.2) is 4.98 Å². The van der Waals surface area contributed by atoms with Crippen LogP contribution in [0.15, 0.2) is 23.7 Å². The van der Waals surface area contributed by atoms with Gasteiger partial charge in [-0.25, -0.2) is 10.4 Å². The van der Waals surface area contributed by atoms with Crippen molar-refractivity contribution in [1.29, 1.82) is 0 Å². The summed E-state index contributed by atoms with van der Waals surface area (Å²) in [5.74, 6) is 5.50. The molecule has 0 aliphatic carbocycles.